The van der Waals surface area contributed by atoms with E-state index in [9.17, 15) is 4.79 Å². The summed E-state index contributed by atoms with van der Waals surface area (Å²) in [5.41, 5.74) is 2.42. The van der Waals surface area contributed by atoms with Gasteiger partial charge in [0.05, 0.1) is 0 Å². The minimum absolute atomic E-state index is 0.603. The van der Waals surface area contributed by atoms with Crippen molar-refractivity contribution in [1.82, 2.24) is 4.98 Å². The maximum atomic E-state index is 10.7. The van der Waals surface area contributed by atoms with Crippen LogP contribution in [0.25, 0.3) is 0 Å². The fourth-order valence-electron chi connectivity index (χ4n) is 1.95. The van der Waals surface area contributed by atoms with E-state index in [0.29, 0.717) is 5.82 Å². The summed E-state index contributed by atoms with van der Waals surface area (Å²) in [7, 11) is 0. The molecule has 86 valence electrons. The number of aryl methyl sites for hydroxylation is 2. The Morgan fingerprint density at radius 2 is 2.19 bits per heavy atom. The number of carboxylic acid groups (broad SMARTS) is 1. The third kappa shape index (κ3) is 2.32. The molecule has 1 aromatic rings. The Labute approximate surface area is 94.7 Å². The third-order valence-electron chi connectivity index (χ3n) is 2.91. The van der Waals surface area contributed by atoms with Crippen LogP contribution in [0, 0.1) is 0 Å². The molecule has 0 aromatic carbocycles. The molecule has 1 atom stereocenters. The highest BCUT2D eigenvalue weighted by Crippen LogP contribution is 2.21. The summed E-state index contributed by atoms with van der Waals surface area (Å²) in [5, 5.41) is 11.7. The van der Waals surface area contributed by atoms with Gasteiger partial charge in [-0.05, 0) is 44.2 Å². The molecule has 0 spiro atoms. The highest BCUT2D eigenvalue weighted by Gasteiger charge is 2.14. The Balaban J connectivity index is 2.14. The second-order valence-corrected chi connectivity index (χ2v) is 4.21. The van der Waals surface area contributed by atoms with Gasteiger partial charge in [0, 0.05) is 5.69 Å². The molecule has 1 aliphatic rings. The van der Waals surface area contributed by atoms with E-state index in [4.69, 9.17) is 5.11 Å². The summed E-state index contributed by atoms with van der Waals surface area (Å²) in [6, 6.07) is 3.32. The summed E-state index contributed by atoms with van der Waals surface area (Å²) in [4.78, 5) is 15.2. The van der Waals surface area contributed by atoms with Gasteiger partial charge < -0.3 is 10.4 Å². The van der Waals surface area contributed by atoms with Crippen molar-refractivity contribution in [3.05, 3.63) is 23.4 Å². The number of pyridine rings is 1. The van der Waals surface area contributed by atoms with Crippen LogP contribution in [0.5, 0.6) is 0 Å². The Bertz CT molecular complexity index is 404. The van der Waals surface area contributed by atoms with Crippen LogP contribution in [0.3, 0.4) is 0 Å². The Kier molecular flexibility index (Phi) is 3.08. The predicted molar refractivity (Wildman–Crippen MR) is 61.6 cm³/mol. The number of aliphatic carboxylic acids is 1. The molecular formula is C12H16N2O2. The normalized spacial score (nSPS) is 16.3. The molecule has 0 saturated carbocycles. The average molecular weight is 220 g/mol. The highest BCUT2D eigenvalue weighted by molar-refractivity contribution is 5.76. The van der Waals surface area contributed by atoms with E-state index in [0.717, 1.165) is 18.5 Å². The van der Waals surface area contributed by atoms with Gasteiger partial charge in [0.15, 0.2) is 0 Å². The van der Waals surface area contributed by atoms with Gasteiger partial charge in [-0.2, -0.15) is 0 Å². The number of fused-ring (bicyclic) bond motifs is 1. The highest BCUT2D eigenvalue weighted by atomic mass is 16.4. The molecule has 1 heterocycles. The van der Waals surface area contributed by atoms with E-state index in [2.05, 4.69) is 16.4 Å². The SMILES string of the molecule is CC(Nc1ccc2c(n1)CCCC2)C(=O)O. The number of rotatable bonds is 3. The summed E-state index contributed by atoms with van der Waals surface area (Å²) in [6.45, 7) is 1.61. The van der Waals surface area contributed by atoms with Gasteiger partial charge in [-0.3, -0.25) is 4.79 Å². The molecule has 0 bridgehead atoms. The van der Waals surface area contributed by atoms with E-state index >= 15 is 0 Å². The Morgan fingerprint density at radius 1 is 1.44 bits per heavy atom. The Hall–Kier alpha value is -1.58. The number of hydrogen-bond acceptors (Lipinski definition) is 3. The first-order chi connectivity index (χ1) is 7.66. The van der Waals surface area contributed by atoms with Gasteiger partial charge in [0.2, 0.25) is 0 Å². The monoisotopic (exact) mass is 220 g/mol. The summed E-state index contributed by atoms with van der Waals surface area (Å²) < 4.78 is 0. The van der Waals surface area contributed by atoms with Gasteiger partial charge >= 0.3 is 5.97 Å². The zero-order valence-electron chi connectivity index (χ0n) is 9.36. The van der Waals surface area contributed by atoms with Crippen LogP contribution in [0.15, 0.2) is 12.1 Å². The Morgan fingerprint density at radius 3 is 2.94 bits per heavy atom. The van der Waals surface area contributed by atoms with Crippen molar-refractivity contribution in [2.24, 2.45) is 0 Å². The molecule has 1 unspecified atom stereocenters. The molecule has 0 amide bonds. The first kappa shape index (κ1) is 10.9. The minimum atomic E-state index is -0.862. The number of anilines is 1. The smallest absolute Gasteiger partial charge is 0.325 e. The fourth-order valence-corrected chi connectivity index (χ4v) is 1.95. The van der Waals surface area contributed by atoms with Crippen LogP contribution in [0.1, 0.15) is 31.0 Å². The fraction of sp³-hybridized carbons (Fsp3) is 0.500. The van der Waals surface area contributed by atoms with E-state index in [1.54, 1.807) is 6.92 Å². The number of carbonyl (C=O) groups is 1. The first-order valence-corrected chi connectivity index (χ1v) is 5.65. The van der Waals surface area contributed by atoms with E-state index < -0.39 is 12.0 Å². The minimum Gasteiger partial charge on any atom is -0.480 e. The molecule has 0 saturated heterocycles. The maximum Gasteiger partial charge on any atom is 0.325 e. The average Bonchev–Trinajstić information content (AvgIpc) is 2.28. The van der Waals surface area contributed by atoms with Crippen molar-refractivity contribution in [3.8, 4) is 0 Å². The van der Waals surface area contributed by atoms with Crippen LogP contribution in [-0.4, -0.2) is 22.1 Å². The predicted octanol–water partition coefficient (Wildman–Crippen LogP) is 1.85. The third-order valence-corrected chi connectivity index (χ3v) is 2.91. The molecule has 2 rings (SSSR count). The van der Waals surface area contributed by atoms with Crippen molar-refractivity contribution in [3.63, 3.8) is 0 Å². The second-order valence-electron chi connectivity index (χ2n) is 4.21. The van der Waals surface area contributed by atoms with Crippen molar-refractivity contribution < 1.29 is 9.90 Å². The van der Waals surface area contributed by atoms with Gasteiger partial charge in [-0.25, -0.2) is 4.98 Å². The zero-order chi connectivity index (χ0) is 11.5. The van der Waals surface area contributed by atoms with Crippen molar-refractivity contribution >= 4 is 11.8 Å². The molecule has 0 aliphatic heterocycles. The number of nitrogens with zero attached hydrogens (tertiary/aromatic N) is 1. The number of carboxylic acids is 1. The molecule has 2 N–H and O–H groups in total. The summed E-state index contributed by atoms with van der Waals surface area (Å²) in [5.74, 6) is -0.199. The van der Waals surface area contributed by atoms with Crippen LogP contribution in [-0.2, 0) is 17.6 Å². The van der Waals surface area contributed by atoms with Crippen molar-refractivity contribution in [2.45, 2.75) is 38.6 Å². The number of aromatic nitrogens is 1. The van der Waals surface area contributed by atoms with Gasteiger partial charge in [0.25, 0.3) is 0 Å². The summed E-state index contributed by atoms with van der Waals surface area (Å²) >= 11 is 0. The number of hydrogen-bond donors (Lipinski definition) is 2. The van der Waals surface area contributed by atoms with Crippen molar-refractivity contribution in [1.29, 1.82) is 0 Å². The van der Waals surface area contributed by atoms with E-state index in [1.165, 1.54) is 18.4 Å². The lowest BCUT2D eigenvalue weighted by atomic mass is 9.96. The van der Waals surface area contributed by atoms with Gasteiger partial charge in [-0.1, -0.05) is 6.07 Å². The standard InChI is InChI=1S/C12H16N2O2/c1-8(12(15)16)13-11-7-6-9-4-2-3-5-10(9)14-11/h6-8H,2-5H2,1H3,(H,13,14)(H,15,16). The molecular weight excluding hydrogens is 204 g/mol. The number of nitrogens with one attached hydrogen (secondary N) is 1. The van der Waals surface area contributed by atoms with E-state index in [-0.39, 0.29) is 0 Å². The van der Waals surface area contributed by atoms with Gasteiger partial charge in [0.1, 0.15) is 11.9 Å². The molecule has 16 heavy (non-hydrogen) atoms. The maximum absolute atomic E-state index is 10.7. The molecule has 4 heteroatoms. The van der Waals surface area contributed by atoms with Crippen LogP contribution >= 0.6 is 0 Å². The van der Waals surface area contributed by atoms with Crippen molar-refractivity contribution in [2.75, 3.05) is 5.32 Å². The van der Waals surface area contributed by atoms with Crippen LogP contribution < -0.4 is 5.32 Å². The lowest BCUT2D eigenvalue weighted by molar-refractivity contribution is -0.137. The topological polar surface area (TPSA) is 62.2 Å². The quantitative estimate of drug-likeness (QED) is 0.816. The molecule has 1 aromatic heterocycles. The van der Waals surface area contributed by atoms with Gasteiger partial charge in [-0.15, -0.1) is 0 Å². The first-order valence-electron chi connectivity index (χ1n) is 5.65. The molecule has 0 radical (unpaired) electrons. The lowest BCUT2D eigenvalue weighted by Crippen LogP contribution is -2.26. The van der Waals surface area contributed by atoms with Crippen LogP contribution in [0.4, 0.5) is 5.82 Å². The summed E-state index contributed by atoms with van der Waals surface area (Å²) in [6.07, 6.45) is 4.51. The largest absolute Gasteiger partial charge is 0.480 e. The zero-order valence-corrected chi connectivity index (χ0v) is 9.36. The second kappa shape index (κ2) is 4.51. The lowest BCUT2D eigenvalue weighted by Gasteiger charge is -2.17. The molecule has 0 fully saturated rings. The molecule has 1 aliphatic carbocycles. The van der Waals surface area contributed by atoms with Crippen LogP contribution in [0.2, 0.25) is 0 Å². The van der Waals surface area contributed by atoms with E-state index in [1.807, 2.05) is 6.07 Å². The molecule has 4 nitrogen and oxygen atoms in total.